The number of hydrogen-bond donors (Lipinski definition) is 0. The Hall–Kier alpha value is -1.77. The zero-order valence-corrected chi connectivity index (χ0v) is 16.6. The molecule has 2 heterocycles. The lowest BCUT2D eigenvalue weighted by atomic mass is 9.72. The molecule has 3 rings (SSSR count). The first kappa shape index (κ1) is 19.0. The van der Waals surface area contributed by atoms with E-state index in [2.05, 4.69) is 4.99 Å². The summed E-state index contributed by atoms with van der Waals surface area (Å²) >= 11 is 1.41. The largest absolute Gasteiger partial charge is 0.327 e. The maximum absolute atomic E-state index is 13.2. The summed E-state index contributed by atoms with van der Waals surface area (Å²) in [7, 11) is -1.39. The average Bonchev–Trinajstić information content (AvgIpc) is 3.07. The molecule has 1 fully saturated rings. The summed E-state index contributed by atoms with van der Waals surface area (Å²) in [6, 6.07) is 9.60. The van der Waals surface area contributed by atoms with Crippen LogP contribution in [-0.4, -0.2) is 42.0 Å². The van der Waals surface area contributed by atoms with Gasteiger partial charge in [-0.2, -0.15) is 4.99 Å². The van der Waals surface area contributed by atoms with Crippen molar-refractivity contribution >= 4 is 27.3 Å². The Kier molecular flexibility index (Phi) is 5.45. The fraction of sp³-hybridized carbons (Fsp3) is 0.444. The van der Waals surface area contributed by atoms with Crippen molar-refractivity contribution in [2.75, 3.05) is 18.8 Å². The van der Waals surface area contributed by atoms with Crippen molar-refractivity contribution in [2.45, 2.75) is 25.2 Å². The number of amides is 1. The van der Waals surface area contributed by atoms with Crippen molar-refractivity contribution in [1.29, 1.82) is 0 Å². The normalized spacial score (nSPS) is 18.8. The SMILES string of the molecule is CCS(=O)(=O)N1CCC(C(=O)N=c2sccn2C)(c2ccccc2)CC1. The summed E-state index contributed by atoms with van der Waals surface area (Å²) in [5.74, 6) is -0.121. The first-order valence-corrected chi connectivity index (χ1v) is 11.1. The Labute approximate surface area is 157 Å². The van der Waals surface area contributed by atoms with Crippen LogP contribution in [0, 0.1) is 0 Å². The highest BCUT2D eigenvalue weighted by atomic mass is 32.2. The number of benzene rings is 1. The number of carbonyl (C=O) groups is 1. The fourth-order valence-electron chi connectivity index (χ4n) is 3.34. The predicted octanol–water partition coefficient (Wildman–Crippen LogP) is 1.90. The molecule has 1 saturated heterocycles. The molecule has 0 saturated carbocycles. The molecule has 1 aliphatic rings. The number of piperidine rings is 1. The van der Waals surface area contributed by atoms with E-state index < -0.39 is 15.4 Å². The number of sulfonamides is 1. The molecule has 0 radical (unpaired) electrons. The number of aryl methyl sites for hydroxylation is 1. The smallest absolute Gasteiger partial charge is 0.259 e. The summed E-state index contributed by atoms with van der Waals surface area (Å²) in [6.07, 6.45) is 2.74. The molecule has 2 aromatic rings. The third-order valence-electron chi connectivity index (χ3n) is 5.03. The second kappa shape index (κ2) is 7.46. The quantitative estimate of drug-likeness (QED) is 0.796. The molecule has 6 nitrogen and oxygen atoms in total. The van der Waals surface area contributed by atoms with Crippen LogP contribution in [0.1, 0.15) is 25.3 Å². The standard InChI is InChI=1S/C18H23N3O3S2/c1-3-26(23,24)21-11-9-18(10-12-21,15-7-5-4-6-8-15)16(22)19-17-20(2)13-14-25-17/h4-8,13-14H,3,9-12H2,1-2H3. The van der Waals surface area contributed by atoms with Gasteiger partial charge >= 0.3 is 0 Å². The maximum atomic E-state index is 13.2. The van der Waals surface area contributed by atoms with E-state index in [9.17, 15) is 13.2 Å². The first-order valence-electron chi connectivity index (χ1n) is 8.62. The van der Waals surface area contributed by atoms with Crippen LogP contribution in [0.2, 0.25) is 0 Å². The van der Waals surface area contributed by atoms with Gasteiger partial charge in [0.1, 0.15) is 0 Å². The highest BCUT2D eigenvalue weighted by Gasteiger charge is 2.44. The number of carbonyl (C=O) groups excluding carboxylic acids is 1. The fourth-order valence-corrected chi connectivity index (χ4v) is 5.17. The van der Waals surface area contributed by atoms with E-state index in [1.165, 1.54) is 15.6 Å². The van der Waals surface area contributed by atoms with Gasteiger partial charge in [0, 0.05) is 31.7 Å². The Morgan fingerprint density at radius 2 is 1.88 bits per heavy atom. The molecule has 0 spiro atoms. The minimum Gasteiger partial charge on any atom is -0.327 e. The average molecular weight is 394 g/mol. The minimum absolute atomic E-state index is 0.0781. The van der Waals surface area contributed by atoms with Gasteiger partial charge in [0.2, 0.25) is 10.0 Å². The molecule has 1 aromatic heterocycles. The molecule has 0 N–H and O–H groups in total. The van der Waals surface area contributed by atoms with E-state index in [1.807, 2.05) is 53.5 Å². The van der Waals surface area contributed by atoms with Gasteiger partial charge in [0.05, 0.1) is 11.2 Å². The van der Waals surface area contributed by atoms with E-state index in [0.29, 0.717) is 30.7 Å². The van der Waals surface area contributed by atoms with Crippen LogP contribution in [0.5, 0.6) is 0 Å². The molecule has 8 heteroatoms. The van der Waals surface area contributed by atoms with Crippen LogP contribution >= 0.6 is 11.3 Å². The highest BCUT2D eigenvalue weighted by molar-refractivity contribution is 7.89. The van der Waals surface area contributed by atoms with Crippen molar-refractivity contribution < 1.29 is 13.2 Å². The van der Waals surface area contributed by atoms with E-state index >= 15 is 0 Å². The molecule has 140 valence electrons. The zero-order chi connectivity index (χ0) is 18.8. The van der Waals surface area contributed by atoms with Crippen LogP contribution in [0.3, 0.4) is 0 Å². The van der Waals surface area contributed by atoms with Gasteiger partial charge in [0.25, 0.3) is 5.91 Å². The number of thiazole rings is 1. The van der Waals surface area contributed by atoms with Crippen LogP contribution in [0.15, 0.2) is 46.9 Å². The Balaban J connectivity index is 1.98. The van der Waals surface area contributed by atoms with Crippen molar-refractivity contribution in [3.05, 3.63) is 52.3 Å². The topological polar surface area (TPSA) is 71.7 Å². The first-order chi connectivity index (χ1) is 12.4. The summed E-state index contributed by atoms with van der Waals surface area (Å²) in [5.41, 5.74) is 0.124. The number of rotatable bonds is 4. The van der Waals surface area contributed by atoms with Crippen molar-refractivity contribution in [2.24, 2.45) is 12.0 Å². The van der Waals surface area contributed by atoms with E-state index in [0.717, 1.165) is 5.56 Å². The lowest BCUT2D eigenvalue weighted by Crippen LogP contribution is -2.49. The lowest BCUT2D eigenvalue weighted by Gasteiger charge is -2.39. The van der Waals surface area contributed by atoms with Crippen molar-refractivity contribution in [3.63, 3.8) is 0 Å². The molecule has 0 bridgehead atoms. The number of nitrogens with zero attached hydrogens (tertiary/aromatic N) is 3. The predicted molar refractivity (Wildman–Crippen MR) is 102 cm³/mol. The lowest BCUT2D eigenvalue weighted by molar-refractivity contribution is -0.125. The summed E-state index contributed by atoms with van der Waals surface area (Å²) < 4.78 is 27.7. The van der Waals surface area contributed by atoms with Gasteiger partial charge in [-0.15, -0.1) is 11.3 Å². The second-order valence-electron chi connectivity index (χ2n) is 6.46. The molecule has 0 atom stereocenters. The summed E-state index contributed by atoms with van der Waals surface area (Å²) in [4.78, 5) is 18.2. The Morgan fingerprint density at radius 3 is 2.42 bits per heavy atom. The molecule has 1 aliphatic heterocycles. The molecular weight excluding hydrogens is 370 g/mol. The van der Waals surface area contributed by atoms with Crippen molar-refractivity contribution in [3.8, 4) is 0 Å². The number of hydrogen-bond acceptors (Lipinski definition) is 4. The Morgan fingerprint density at radius 1 is 1.23 bits per heavy atom. The van der Waals surface area contributed by atoms with Gasteiger partial charge in [-0.1, -0.05) is 30.3 Å². The number of aromatic nitrogens is 1. The van der Waals surface area contributed by atoms with Gasteiger partial charge in [-0.3, -0.25) is 4.79 Å². The van der Waals surface area contributed by atoms with Crippen LogP contribution in [0.25, 0.3) is 0 Å². The third kappa shape index (κ3) is 3.54. The van der Waals surface area contributed by atoms with E-state index in [1.54, 1.807) is 6.92 Å². The minimum atomic E-state index is -3.25. The highest BCUT2D eigenvalue weighted by Crippen LogP contribution is 2.37. The van der Waals surface area contributed by atoms with Crippen LogP contribution in [-0.2, 0) is 27.3 Å². The molecular formula is C18H23N3O3S2. The second-order valence-corrected chi connectivity index (χ2v) is 9.59. The van der Waals surface area contributed by atoms with E-state index in [-0.39, 0.29) is 11.7 Å². The van der Waals surface area contributed by atoms with Gasteiger partial charge < -0.3 is 4.57 Å². The van der Waals surface area contributed by atoms with Gasteiger partial charge in [-0.05, 0) is 25.3 Å². The molecule has 26 heavy (non-hydrogen) atoms. The molecule has 1 amide bonds. The molecule has 0 aliphatic carbocycles. The van der Waals surface area contributed by atoms with Gasteiger partial charge in [-0.25, -0.2) is 12.7 Å². The Bertz CT molecular complexity index is 937. The van der Waals surface area contributed by atoms with Crippen LogP contribution < -0.4 is 4.80 Å². The molecule has 0 unspecified atom stereocenters. The van der Waals surface area contributed by atoms with Gasteiger partial charge in [0.15, 0.2) is 4.80 Å². The third-order valence-corrected chi connectivity index (χ3v) is 7.76. The van der Waals surface area contributed by atoms with Crippen molar-refractivity contribution in [1.82, 2.24) is 8.87 Å². The monoisotopic (exact) mass is 393 g/mol. The molecule has 1 aromatic carbocycles. The summed E-state index contributed by atoms with van der Waals surface area (Å²) in [5, 5.41) is 1.89. The van der Waals surface area contributed by atoms with E-state index in [4.69, 9.17) is 0 Å². The zero-order valence-electron chi connectivity index (χ0n) is 15.0. The summed E-state index contributed by atoms with van der Waals surface area (Å²) in [6.45, 7) is 2.32. The van der Waals surface area contributed by atoms with Crippen LogP contribution in [0.4, 0.5) is 0 Å². The maximum Gasteiger partial charge on any atom is 0.259 e.